The van der Waals surface area contributed by atoms with Crippen molar-refractivity contribution < 1.29 is 13.9 Å². The van der Waals surface area contributed by atoms with E-state index in [1.807, 2.05) is 0 Å². The topological polar surface area (TPSA) is 44.5 Å². The van der Waals surface area contributed by atoms with Gasteiger partial charge in [-0.15, -0.1) is 0 Å². The summed E-state index contributed by atoms with van der Waals surface area (Å²) in [6.07, 6.45) is 0. The van der Waals surface area contributed by atoms with Crippen LogP contribution < -0.4 is 15.2 Å². The van der Waals surface area contributed by atoms with E-state index in [0.29, 0.717) is 17.3 Å². The molecular weight excluding hydrogens is 357 g/mol. The van der Waals surface area contributed by atoms with Gasteiger partial charge < -0.3 is 15.2 Å². The Hall–Kier alpha value is -1.66. The van der Waals surface area contributed by atoms with Gasteiger partial charge in [0.2, 0.25) is 0 Å². The number of halogens is 2. The van der Waals surface area contributed by atoms with E-state index < -0.39 is 5.82 Å². The largest absolute Gasteiger partial charge is 0.490 e. The Bertz CT molecular complexity index is 634. The molecule has 0 aliphatic carbocycles. The number of nitrogens with two attached hydrogens (primary N) is 1. The van der Waals surface area contributed by atoms with E-state index in [1.165, 1.54) is 6.07 Å². The van der Waals surface area contributed by atoms with E-state index in [1.54, 1.807) is 36.4 Å². The molecule has 3 nitrogen and oxygen atoms in total. The van der Waals surface area contributed by atoms with Gasteiger partial charge in [-0.3, -0.25) is 0 Å². The van der Waals surface area contributed by atoms with Crippen molar-refractivity contribution in [2.24, 2.45) is 5.73 Å². The molecular formula is C15H13BrFNO2S. The van der Waals surface area contributed by atoms with Gasteiger partial charge in [-0.1, -0.05) is 28.1 Å². The fraction of sp³-hybridized carbons (Fsp3) is 0.133. The first-order valence-electron chi connectivity index (χ1n) is 6.17. The average Bonchev–Trinajstić information content (AvgIpc) is 2.47. The predicted octanol–water partition coefficient (Wildman–Crippen LogP) is 3.68. The number of ether oxygens (including phenoxy) is 2. The van der Waals surface area contributed by atoms with Crippen LogP contribution in [0.5, 0.6) is 11.5 Å². The second-order valence-corrected chi connectivity index (χ2v) is 5.52. The maximum absolute atomic E-state index is 13.4. The number of benzene rings is 2. The summed E-state index contributed by atoms with van der Waals surface area (Å²) < 4.78 is 25.0. The highest BCUT2D eigenvalue weighted by Gasteiger charge is 2.04. The summed E-state index contributed by atoms with van der Waals surface area (Å²) in [6.45, 7) is 0.544. The molecule has 0 aliphatic heterocycles. The molecule has 0 bridgehead atoms. The van der Waals surface area contributed by atoms with E-state index >= 15 is 0 Å². The Kier molecular flexibility index (Phi) is 5.52. The minimum absolute atomic E-state index is 0.191. The molecule has 0 aliphatic rings. The first kappa shape index (κ1) is 15.7. The summed E-state index contributed by atoms with van der Waals surface area (Å²) in [4.78, 5) is 0.343. The number of rotatable bonds is 6. The highest BCUT2D eigenvalue weighted by molar-refractivity contribution is 9.10. The molecule has 2 N–H and O–H groups in total. The third-order valence-electron chi connectivity index (χ3n) is 2.64. The average molecular weight is 370 g/mol. The molecule has 2 rings (SSSR count). The van der Waals surface area contributed by atoms with Crippen LogP contribution in [-0.2, 0) is 0 Å². The summed E-state index contributed by atoms with van der Waals surface area (Å²) in [5.74, 6) is 0.462. The quantitative estimate of drug-likeness (QED) is 0.623. The molecule has 110 valence electrons. The van der Waals surface area contributed by atoms with Gasteiger partial charge in [0.1, 0.15) is 24.0 Å². The van der Waals surface area contributed by atoms with Crippen LogP contribution in [0.25, 0.3) is 0 Å². The highest BCUT2D eigenvalue weighted by atomic mass is 79.9. The Labute approximate surface area is 136 Å². The van der Waals surface area contributed by atoms with Gasteiger partial charge in [-0.25, -0.2) is 4.39 Å². The standard InChI is InChI=1S/C15H13BrFNO2S/c16-11-3-6-13(17)14(9-11)20-8-7-19-12-4-1-10(2-5-12)15(18)21/h1-6,9H,7-8H2,(H2,18,21). The molecule has 2 aromatic rings. The summed E-state index contributed by atoms with van der Waals surface area (Å²) in [5.41, 5.74) is 6.29. The lowest BCUT2D eigenvalue weighted by Crippen LogP contribution is -2.11. The molecule has 0 fully saturated rings. The summed E-state index contributed by atoms with van der Waals surface area (Å²) >= 11 is 8.13. The van der Waals surface area contributed by atoms with Crippen LogP contribution in [0.4, 0.5) is 4.39 Å². The zero-order valence-corrected chi connectivity index (χ0v) is 13.4. The zero-order valence-electron chi connectivity index (χ0n) is 11.0. The third-order valence-corrected chi connectivity index (χ3v) is 3.37. The highest BCUT2D eigenvalue weighted by Crippen LogP contribution is 2.22. The van der Waals surface area contributed by atoms with Crippen LogP contribution in [0.1, 0.15) is 5.56 Å². The number of hydrogen-bond acceptors (Lipinski definition) is 3. The summed E-state index contributed by atoms with van der Waals surface area (Å²) in [5, 5.41) is 0. The van der Waals surface area contributed by atoms with Crippen LogP contribution >= 0.6 is 28.1 Å². The molecule has 21 heavy (non-hydrogen) atoms. The second kappa shape index (κ2) is 7.38. The van der Waals surface area contributed by atoms with Gasteiger partial charge in [0.15, 0.2) is 11.6 Å². The van der Waals surface area contributed by atoms with Crippen molar-refractivity contribution in [1.29, 1.82) is 0 Å². The maximum atomic E-state index is 13.4. The Morgan fingerprint density at radius 1 is 1.10 bits per heavy atom. The summed E-state index contributed by atoms with van der Waals surface area (Å²) in [6, 6.07) is 11.6. The van der Waals surface area contributed by atoms with Crippen LogP contribution in [0.15, 0.2) is 46.9 Å². The third kappa shape index (κ3) is 4.68. The Morgan fingerprint density at radius 3 is 2.43 bits per heavy atom. The van der Waals surface area contributed by atoms with E-state index in [-0.39, 0.29) is 12.4 Å². The predicted molar refractivity (Wildman–Crippen MR) is 87.4 cm³/mol. The molecule has 0 atom stereocenters. The van der Waals surface area contributed by atoms with Gasteiger partial charge in [0.05, 0.1) is 0 Å². The molecule has 2 aromatic carbocycles. The van der Waals surface area contributed by atoms with E-state index in [2.05, 4.69) is 15.9 Å². The van der Waals surface area contributed by atoms with Crippen molar-refractivity contribution >= 4 is 33.1 Å². The van der Waals surface area contributed by atoms with Crippen LogP contribution in [0.2, 0.25) is 0 Å². The first-order valence-corrected chi connectivity index (χ1v) is 7.37. The SMILES string of the molecule is NC(=S)c1ccc(OCCOc2cc(Br)ccc2F)cc1. The molecule has 0 saturated heterocycles. The van der Waals surface area contributed by atoms with Crippen molar-refractivity contribution in [1.82, 2.24) is 0 Å². The van der Waals surface area contributed by atoms with Gasteiger partial charge in [-0.2, -0.15) is 0 Å². The minimum Gasteiger partial charge on any atom is -0.490 e. The van der Waals surface area contributed by atoms with Crippen LogP contribution in [-0.4, -0.2) is 18.2 Å². The van der Waals surface area contributed by atoms with Crippen LogP contribution in [0.3, 0.4) is 0 Å². The van der Waals surface area contributed by atoms with E-state index in [4.69, 9.17) is 27.4 Å². The zero-order chi connectivity index (χ0) is 15.2. The smallest absolute Gasteiger partial charge is 0.165 e. The van der Waals surface area contributed by atoms with Crippen molar-refractivity contribution in [3.8, 4) is 11.5 Å². The normalized spacial score (nSPS) is 10.2. The lowest BCUT2D eigenvalue weighted by Gasteiger charge is -2.09. The minimum atomic E-state index is -0.404. The van der Waals surface area contributed by atoms with Gasteiger partial charge in [0.25, 0.3) is 0 Å². The fourth-order valence-electron chi connectivity index (χ4n) is 1.61. The number of hydrogen-bond donors (Lipinski definition) is 1. The molecule has 0 unspecified atom stereocenters. The molecule has 0 heterocycles. The van der Waals surface area contributed by atoms with Crippen molar-refractivity contribution in [2.75, 3.05) is 13.2 Å². The lowest BCUT2D eigenvalue weighted by molar-refractivity contribution is 0.211. The Morgan fingerprint density at radius 2 is 1.76 bits per heavy atom. The Balaban J connectivity index is 1.81. The molecule has 0 radical (unpaired) electrons. The van der Waals surface area contributed by atoms with Crippen LogP contribution in [0, 0.1) is 5.82 Å². The van der Waals surface area contributed by atoms with Crippen molar-refractivity contribution in [3.05, 3.63) is 58.3 Å². The first-order chi connectivity index (χ1) is 10.1. The maximum Gasteiger partial charge on any atom is 0.165 e. The second-order valence-electron chi connectivity index (χ2n) is 4.16. The van der Waals surface area contributed by atoms with Gasteiger partial charge in [-0.05, 0) is 42.5 Å². The molecule has 0 spiro atoms. The monoisotopic (exact) mass is 369 g/mol. The van der Waals surface area contributed by atoms with Gasteiger partial charge in [0, 0.05) is 10.0 Å². The van der Waals surface area contributed by atoms with Crippen molar-refractivity contribution in [2.45, 2.75) is 0 Å². The molecule has 0 amide bonds. The lowest BCUT2D eigenvalue weighted by atomic mass is 10.2. The van der Waals surface area contributed by atoms with E-state index in [9.17, 15) is 4.39 Å². The van der Waals surface area contributed by atoms with E-state index in [0.717, 1.165) is 10.0 Å². The molecule has 0 saturated carbocycles. The van der Waals surface area contributed by atoms with Gasteiger partial charge >= 0.3 is 0 Å². The fourth-order valence-corrected chi connectivity index (χ4v) is 2.09. The molecule has 6 heteroatoms. The van der Waals surface area contributed by atoms with Crippen molar-refractivity contribution in [3.63, 3.8) is 0 Å². The summed E-state index contributed by atoms with van der Waals surface area (Å²) in [7, 11) is 0. The number of thiocarbonyl (C=S) groups is 1. The molecule has 0 aromatic heterocycles.